The van der Waals surface area contributed by atoms with Crippen molar-refractivity contribution in [1.82, 2.24) is 25.0 Å². The Hall–Kier alpha value is -4.15. The van der Waals surface area contributed by atoms with E-state index in [2.05, 4.69) is 37.4 Å². The van der Waals surface area contributed by atoms with Gasteiger partial charge in [0.15, 0.2) is 5.82 Å². The van der Waals surface area contributed by atoms with E-state index in [9.17, 15) is 9.59 Å². The van der Waals surface area contributed by atoms with E-state index in [0.717, 1.165) is 12.1 Å². The zero-order valence-corrected chi connectivity index (χ0v) is 18.7. The fraction of sp³-hybridized carbons (Fsp3) is 0. The van der Waals surface area contributed by atoms with Crippen LogP contribution in [-0.4, -0.2) is 36.8 Å². The molecule has 170 valence electrons. The van der Waals surface area contributed by atoms with E-state index in [4.69, 9.17) is 23.2 Å². The van der Waals surface area contributed by atoms with Gasteiger partial charge < -0.3 is 10.6 Å². The van der Waals surface area contributed by atoms with Crippen molar-refractivity contribution in [3.8, 4) is 16.9 Å². The van der Waals surface area contributed by atoms with Crippen molar-refractivity contribution in [1.29, 1.82) is 0 Å². The summed E-state index contributed by atoms with van der Waals surface area (Å²) < 4.78 is 15.0. The maximum absolute atomic E-state index is 15.0. The molecular formula is C22H14Cl2FN7O2. The molecule has 0 aliphatic heterocycles. The summed E-state index contributed by atoms with van der Waals surface area (Å²) in [5.74, 6) is -1.62. The molecule has 0 aliphatic carbocycles. The van der Waals surface area contributed by atoms with Gasteiger partial charge in [-0.1, -0.05) is 29.8 Å². The van der Waals surface area contributed by atoms with Gasteiger partial charge in [0.1, 0.15) is 5.82 Å². The van der Waals surface area contributed by atoms with Gasteiger partial charge >= 0.3 is 0 Å². The maximum atomic E-state index is 15.0. The van der Waals surface area contributed by atoms with Gasteiger partial charge in [0.2, 0.25) is 5.91 Å². The van der Waals surface area contributed by atoms with Crippen LogP contribution in [-0.2, 0) is 4.79 Å². The molecular weight excluding hydrogens is 484 g/mol. The highest BCUT2D eigenvalue weighted by atomic mass is 35.5. The summed E-state index contributed by atoms with van der Waals surface area (Å²) in [4.78, 5) is 33.8. The lowest BCUT2D eigenvalue weighted by Gasteiger charge is -2.13. The Balaban J connectivity index is 1.61. The van der Waals surface area contributed by atoms with E-state index >= 15 is 4.39 Å². The highest BCUT2D eigenvalue weighted by Crippen LogP contribution is 2.33. The van der Waals surface area contributed by atoms with Gasteiger partial charge in [-0.25, -0.2) is 9.37 Å². The Morgan fingerprint density at radius 2 is 1.76 bits per heavy atom. The third-order valence-electron chi connectivity index (χ3n) is 4.54. The maximum Gasteiger partial charge on any atom is 0.257 e. The Kier molecular flexibility index (Phi) is 6.62. The van der Waals surface area contributed by atoms with Gasteiger partial charge in [0.05, 0.1) is 51.8 Å². The Labute approximate surface area is 202 Å². The van der Waals surface area contributed by atoms with Crippen LogP contribution in [0.4, 0.5) is 15.8 Å². The van der Waals surface area contributed by atoms with Crippen molar-refractivity contribution in [2.45, 2.75) is 0 Å². The standard InChI is InChI=1S/C22H14Cl2FN7O2/c1-2-20(33)31-19-11-26-4-3-13(19)14-8-16(23)15(9-18(14)25)22(34)30-12-7-17(24)21(27-10-12)32-28-5-6-29-32/h2-11H,1H2,(H,30,34)(H,31,33). The minimum Gasteiger partial charge on any atom is -0.321 e. The van der Waals surface area contributed by atoms with Crippen LogP contribution < -0.4 is 10.6 Å². The first-order valence-electron chi connectivity index (χ1n) is 9.58. The molecule has 0 radical (unpaired) electrons. The molecule has 0 saturated carbocycles. The second-order valence-corrected chi connectivity index (χ2v) is 7.54. The van der Waals surface area contributed by atoms with Crippen LogP contribution in [0.25, 0.3) is 16.9 Å². The van der Waals surface area contributed by atoms with Crippen molar-refractivity contribution in [3.05, 3.63) is 89.3 Å². The number of hydrogen-bond acceptors (Lipinski definition) is 6. The number of nitrogens with zero attached hydrogens (tertiary/aromatic N) is 5. The average Bonchev–Trinajstić information content (AvgIpc) is 3.35. The molecule has 3 heterocycles. The third-order valence-corrected chi connectivity index (χ3v) is 5.13. The van der Waals surface area contributed by atoms with Crippen LogP contribution in [0.3, 0.4) is 0 Å². The second-order valence-electron chi connectivity index (χ2n) is 6.73. The van der Waals surface area contributed by atoms with Crippen molar-refractivity contribution in [2.75, 3.05) is 10.6 Å². The number of rotatable bonds is 6. The largest absolute Gasteiger partial charge is 0.321 e. The van der Waals surface area contributed by atoms with Gasteiger partial charge in [-0.2, -0.15) is 10.2 Å². The molecule has 2 N–H and O–H groups in total. The summed E-state index contributed by atoms with van der Waals surface area (Å²) in [5, 5.41) is 13.2. The highest BCUT2D eigenvalue weighted by molar-refractivity contribution is 6.35. The molecule has 3 aromatic heterocycles. The highest BCUT2D eigenvalue weighted by Gasteiger charge is 2.19. The Morgan fingerprint density at radius 3 is 2.47 bits per heavy atom. The first kappa shape index (κ1) is 23.0. The molecule has 4 aromatic rings. The molecule has 2 amide bonds. The topological polar surface area (TPSA) is 115 Å². The molecule has 0 spiro atoms. The first-order chi connectivity index (χ1) is 16.4. The molecule has 0 unspecified atom stereocenters. The van der Waals surface area contributed by atoms with E-state index in [-0.39, 0.29) is 38.4 Å². The molecule has 4 rings (SSSR count). The summed E-state index contributed by atoms with van der Waals surface area (Å²) in [6.45, 7) is 3.39. The number of anilines is 2. The van der Waals surface area contributed by atoms with E-state index in [1.54, 1.807) is 0 Å². The lowest BCUT2D eigenvalue weighted by Crippen LogP contribution is -2.14. The smallest absolute Gasteiger partial charge is 0.257 e. The predicted octanol–water partition coefficient (Wildman–Crippen LogP) is 4.55. The van der Waals surface area contributed by atoms with Crippen LogP contribution in [0.5, 0.6) is 0 Å². The number of halogens is 3. The minimum absolute atomic E-state index is 0.0110. The lowest BCUT2D eigenvalue weighted by molar-refractivity contribution is -0.111. The number of pyridine rings is 2. The molecule has 1 aromatic carbocycles. The van der Waals surface area contributed by atoms with E-state index < -0.39 is 17.6 Å². The Bertz CT molecular complexity index is 1410. The average molecular weight is 498 g/mol. The van der Waals surface area contributed by atoms with Gasteiger partial charge in [0.25, 0.3) is 5.91 Å². The first-order valence-corrected chi connectivity index (χ1v) is 10.3. The fourth-order valence-corrected chi connectivity index (χ4v) is 3.50. The van der Waals surface area contributed by atoms with Crippen LogP contribution >= 0.6 is 23.2 Å². The van der Waals surface area contributed by atoms with Gasteiger partial charge in [-0.15, -0.1) is 4.80 Å². The second kappa shape index (κ2) is 9.77. The number of benzene rings is 1. The van der Waals surface area contributed by atoms with Crippen molar-refractivity contribution in [2.24, 2.45) is 0 Å². The SMILES string of the molecule is C=CC(=O)Nc1cnccc1-c1cc(Cl)c(C(=O)Nc2cnc(-n3nccn3)c(Cl)c2)cc1F. The molecule has 0 atom stereocenters. The third kappa shape index (κ3) is 4.77. The van der Waals surface area contributed by atoms with Gasteiger partial charge in [-0.3, -0.25) is 14.6 Å². The monoisotopic (exact) mass is 497 g/mol. The van der Waals surface area contributed by atoms with E-state index in [1.807, 2.05) is 0 Å². The number of hydrogen-bond donors (Lipinski definition) is 2. The van der Waals surface area contributed by atoms with Gasteiger partial charge in [0, 0.05) is 17.3 Å². The summed E-state index contributed by atoms with van der Waals surface area (Å²) in [6.07, 6.45) is 8.17. The van der Waals surface area contributed by atoms with Crippen molar-refractivity contribution in [3.63, 3.8) is 0 Å². The Morgan fingerprint density at radius 1 is 1.00 bits per heavy atom. The summed E-state index contributed by atoms with van der Waals surface area (Å²) in [7, 11) is 0. The predicted molar refractivity (Wildman–Crippen MR) is 126 cm³/mol. The zero-order chi connectivity index (χ0) is 24.2. The zero-order valence-electron chi connectivity index (χ0n) is 17.2. The molecule has 34 heavy (non-hydrogen) atoms. The molecule has 12 heteroatoms. The van der Waals surface area contributed by atoms with Crippen LogP contribution in [0, 0.1) is 5.82 Å². The van der Waals surface area contributed by atoms with E-state index in [0.29, 0.717) is 5.56 Å². The number of nitrogens with one attached hydrogen (secondary N) is 2. The number of aromatic nitrogens is 5. The molecule has 0 saturated heterocycles. The lowest BCUT2D eigenvalue weighted by atomic mass is 10.0. The molecule has 0 bridgehead atoms. The number of carbonyl (C=O) groups excluding carboxylic acids is 2. The molecule has 0 fully saturated rings. The quantitative estimate of drug-likeness (QED) is 0.377. The summed E-state index contributed by atoms with van der Waals surface area (Å²) >= 11 is 12.5. The normalized spacial score (nSPS) is 10.6. The van der Waals surface area contributed by atoms with Crippen molar-refractivity contribution >= 4 is 46.4 Å². The van der Waals surface area contributed by atoms with Gasteiger partial charge in [-0.05, 0) is 30.3 Å². The number of carbonyl (C=O) groups is 2. The minimum atomic E-state index is -0.730. The summed E-state index contributed by atoms with van der Waals surface area (Å²) in [6, 6.07) is 5.26. The van der Waals surface area contributed by atoms with Crippen molar-refractivity contribution < 1.29 is 14.0 Å². The fourth-order valence-electron chi connectivity index (χ4n) is 3.01. The molecule has 9 nitrogen and oxygen atoms in total. The van der Waals surface area contributed by atoms with E-state index in [1.165, 1.54) is 54.0 Å². The van der Waals surface area contributed by atoms with Crippen LogP contribution in [0.1, 0.15) is 10.4 Å². The van der Waals surface area contributed by atoms with Crippen LogP contribution in [0.2, 0.25) is 10.0 Å². The van der Waals surface area contributed by atoms with Crippen LogP contribution in [0.15, 0.2) is 67.9 Å². The summed E-state index contributed by atoms with van der Waals surface area (Å²) in [5.41, 5.74) is 0.809. The molecule has 0 aliphatic rings. The number of amides is 2.